The van der Waals surface area contributed by atoms with Crippen LogP contribution in [0, 0.1) is 0 Å². The lowest BCUT2D eigenvalue weighted by Crippen LogP contribution is -2.03. The van der Waals surface area contributed by atoms with Crippen LogP contribution in [0.2, 0.25) is 0 Å². The molecule has 0 spiro atoms. The summed E-state index contributed by atoms with van der Waals surface area (Å²) in [5, 5.41) is 12.0. The summed E-state index contributed by atoms with van der Waals surface area (Å²) in [6.45, 7) is 0. The third kappa shape index (κ3) is 5.02. The number of benzene rings is 12. The van der Waals surface area contributed by atoms with Crippen molar-refractivity contribution in [3.8, 4) is 89.8 Å². The fourth-order valence-corrected chi connectivity index (χ4v) is 11.0. The molecule has 0 fully saturated rings. The van der Waals surface area contributed by atoms with Crippen molar-refractivity contribution in [2.75, 3.05) is 0 Å². The highest BCUT2D eigenvalue weighted by atomic mass is 16.5. The molecular formula is C62H36O2. The first kappa shape index (κ1) is 35.2. The molecule has 2 aliphatic heterocycles. The normalized spacial score (nSPS) is 12.3. The lowest BCUT2D eigenvalue weighted by molar-refractivity contribution is 0.475. The third-order valence-electron chi connectivity index (χ3n) is 13.6. The summed E-state index contributed by atoms with van der Waals surface area (Å²) in [5.74, 6) is 3.39. The maximum absolute atomic E-state index is 6.94. The Morgan fingerprint density at radius 2 is 0.484 bits per heavy atom. The van der Waals surface area contributed by atoms with Gasteiger partial charge in [-0.2, -0.15) is 0 Å². The van der Waals surface area contributed by atoms with Gasteiger partial charge in [0.15, 0.2) is 0 Å². The van der Waals surface area contributed by atoms with Crippen LogP contribution >= 0.6 is 0 Å². The highest BCUT2D eigenvalue weighted by Gasteiger charge is 2.29. The SMILES string of the molecule is c1ccc(-c2c3ccccc3c(-c3ccc4c(c3)Oc3ccc5c6c(ccc-4c36)-c3ccc(-c4c6ccccc6c(-c6ccccc6)c6ccccc46)cc3O5)c3ccccc23)cc1. The van der Waals surface area contributed by atoms with Gasteiger partial charge in [-0.1, -0.05) is 182 Å². The summed E-state index contributed by atoms with van der Waals surface area (Å²) in [5.41, 5.74) is 14.1. The molecule has 0 bridgehead atoms. The van der Waals surface area contributed by atoms with Gasteiger partial charge in [-0.05, 0) is 135 Å². The molecule has 0 N–H and O–H groups in total. The molecule has 296 valence electrons. The maximum Gasteiger partial charge on any atom is 0.136 e. The average molecular weight is 813 g/mol. The van der Waals surface area contributed by atoms with E-state index < -0.39 is 0 Å². The second-order valence-corrected chi connectivity index (χ2v) is 17.0. The topological polar surface area (TPSA) is 18.5 Å². The maximum atomic E-state index is 6.94. The molecular weight excluding hydrogens is 777 g/mol. The van der Waals surface area contributed by atoms with Gasteiger partial charge >= 0.3 is 0 Å². The summed E-state index contributed by atoms with van der Waals surface area (Å²) in [7, 11) is 0. The van der Waals surface area contributed by atoms with Crippen LogP contribution in [0.15, 0.2) is 218 Å². The third-order valence-corrected chi connectivity index (χ3v) is 13.6. The summed E-state index contributed by atoms with van der Waals surface area (Å²) in [6.07, 6.45) is 0. The summed E-state index contributed by atoms with van der Waals surface area (Å²) >= 11 is 0. The Hall–Kier alpha value is -8.46. The van der Waals surface area contributed by atoms with Gasteiger partial charge in [0, 0.05) is 21.9 Å². The molecule has 0 aliphatic carbocycles. The van der Waals surface area contributed by atoms with Crippen molar-refractivity contribution in [2.24, 2.45) is 0 Å². The lowest BCUT2D eigenvalue weighted by atomic mass is 9.84. The van der Waals surface area contributed by atoms with E-state index in [2.05, 4.69) is 218 Å². The van der Waals surface area contributed by atoms with E-state index in [1.807, 2.05) is 0 Å². The Kier molecular flexibility index (Phi) is 7.43. The zero-order valence-corrected chi connectivity index (χ0v) is 34.6. The number of hydrogen-bond donors (Lipinski definition) is 0. The minimum atomic E-state index is 0.842. The molecule has 2 nitrogen and oxygen atoms in total. The largest absolute Gasteiger partial charge is 0.456 e. The predicted molar refractivity (Wildman–Crippen MR) is 267 cm³/mol. The Morgan fingerprint density at radius 3 is 0.812 bits per heavy atom. The molecule has 64 heavy (non-hydrogen) atoms. The standard InChI is InChI=1S/C62H36O2/c1-3-15-37(16-4-1)57-43-19-7-11-23-47(43)59(48-24-12-8-20-44(48)57)39-27-29-41-51-31-32-52-42-30-28-40(36-56(42)64-54-34-33-53(61(51)62(52)54)63-55(41)35-39)60-49-25-13-9-21-45(49)58(38-17-5-2-6-18-38)46-22-10-14-26-50(46)60/h1-36H. The first-order valence-electron chi connectivity index (χ1n) is 22.0. The Balaban J connectivity index is 0.903. The fourth-order valence-electron chi connectivity index (χ4n) is 11.0. The molecule has 12 aromatic carbocycles. The minimum absolute atomic E-state index is 0.842. The van der Waals surface area contributed by atoms with Gasteiger partial charge in [0.1, 0.15) is 23.0 Å². The van der Waals surface area contributed by atoms with Crippen LogP contribution in [0.1, 0.15) is 0 Å². The van der Waals surface area contributed by atoms with E-state index >= 15 is 0 Å². The van der Waals surface area contributed by atoms with Crippen LogP contribution in [-0.2, 0) is 0 Å². The molecule has 0 aromatic heterocycles. The molecule has 14 rings (SSSR count). The van der Waals surface area contributed by atoms with Gasteiger partial charge in [-0.15, -0.1) is 0 Å². The van der Waals surface area contributed by atoms with E-state index in [1.54, 1.807) is 0 Å². The predicted octanol–water partition coefficient (Wildman–Crippen LogP) is 17.7. The molecule has 0 saturated heterocycles. The van der Waals surface area contributed by atoms with Gasteiger partial charge in [-0.25, -0.2) is 0 Å². The van der Waals surface area contributed by atoms with Crippen molar-refractivity contribution in [2.45, 2.75) is 0 Å². The van der Waals surface area contributed by atoms with Crippen LogP contribution in [0.5, 0.6) is 23.0 Å². The van der Waals surface area contributed by atoms with E-state index in [0.717, 1.165) is 67.2 Å². The number of ether oxygens (including phenoxy) is 2. The van der Waals surface area contributed by atoms with Gasteiger partial charge in [0.25, 0.3) is 0 Å². The van der Waals surface area contributed by atoms with Crippen molar-refractivity contribution < 1.29 is 9.47 Å². The van der Waals surface area contributed by atoms with Crippen LogP contribution in [-0.4, -0.2) is 0 Å². The molecule has 2 heteroatoms. The van der Waals surface area contributed by atoms with Crippen LogP contribution in [0.4, 0.5) is 0 Å². The van der Waals surface area contributed by atoms with Crippen molar-refractivity contribution in [1.82, 2.24) is 0 Å². The van der Waals surface area contributed by atoms with Gasteiger partial charge in [-0.3, -0.25) is 0 Å². The first-order valence-corrected chi connectivity index (χ1v) is 22.0. The monoisotopic (exact) mass is 812 g/mol. The van der Waals surface area contributed by atoms with Gasteiger partial charge < -0.3 is 9.47 Å². The molecule has 0 saturated carbocycles. The van der Waals surface area contributed by atoms with Crippen molar-refractivity contribution in [3.05, 3.63) is 218 Å². The molecule has 0 unspecified atom stereocenters. The number of hydrogen-bond acceptors (Lipinski definition) is 2. The highest BCUT2D eigenvalue weighted by Crippen LogP contribution is 2.57. The van der Waals surface area contributed by atoms with Gasteiger partial charge in [0.2, 0.25) is 0 Å². The van der Waals surface area contributed by atoms with Crippen LogP contribution in [0.25, 0.3) is 121 Å². The Labute approximate surface area is 369 Å². The minimum Gasteiger partial charge on any atom is -0.456 e. The first-order chi connectivity index (χ1) is 31.8. The molecule has 2 heterocycles. The molecule has 2 aliphatic rings. The van der Waals surface area contributed by atoms with E-state index in [4.69, 9.17) is 9.47 Å². The van der Waals surface area contributed by atoms with Crippen molar-refractivity contribution >= 4 is 53.9 Å². The smallest absolute Gasteiger partial charge is 0.136 e. The Bertz CT molecular complexity index is 3570. The fraction of sp³-hybridized carbons (Fsp3) is 0. The van der Waals surface area contributed by atoms with Gasteiger partial charge in [0.05, 0.1) is 0 Å². The lowest BCUT2D eigenvalue weighted by Gasteiger charge is -2.28. The average Bonchev–Trinajstić information content (AvgIpc) is 3.36. The summed E-state index contributed by atoms with van der Waals surface area (Å²) in [4.78, 5) is 0. The highest BCUT2D eigenvalue weighted by molar-refractivity contribution is 6.23. The summed E-state index contributed by atoms with van der Waals surface area (Å²) in [6, 6.07) is 79.0. The van der Waals surface area contributed by atoms with E-state index in [1.165, 1.54) is 76.5 Å². The van der Waals surface area contributed by atoms with Crippen molar-refractivity contribution in [3.63, 3.8) is 0 Å². The van der Waals surface area contributed by atoms with Crippen molar-refractivity contribution in [1.29, 1.82) is 0 Å². The molecule has 0 radical (unpaired) electrons. The zero-order chi connectivity index (χ0) is 41.9. The van der Waals surface area contributed by atoms with E-state index in [-0.39, 0.29) is 0 Å². The van der Waals surface area contributed by atoms with Crippen LogP contribution < -0.4 is 9.47 Å². The van der Waals surface area contributed by atoms with Crippen LogP contribution in [0.3, 0.4) is 0 Å². The summed E-state index contributed by atoms with van der Waals surface area (Å²) < 4.78 is 13.9. The molecule has 0 atom stereocenters. The quantitative estimate of drug-likeness (QED) is 0.165. The Morgan fingerprint density at radius 1 is 0.203 bits per heavy atom. The van der Waals surface area contributed by atoms with E-state index in [9.17, 15) is 0 Å². The zero-order valence-electron chi connectivity index (χ0n) is 34.6. The van der Waals surface area contributed by atoms with E-state index in [0.29, 0.717) is 0 Å². The number of fused-ring (bicyclic) bond motifs is 8. The number of rotatable bonds is 4. The second kappa shape index (κ2) is 13.5. The molecule has 0 amide bonds. The molecule has 12 aromatic rings. The second-order valence-electron chi connectivity index (χ2n) is 17.0.